The lowest BCUT2D eigenvalue weighted by molar-refractivity contribution is -0.152. The van der Waals surface area contributed by atoms with Crippen molar-refractivity contribution < 1.29 is 22.7 Å². The molecule has 1 aliphatic heterocycles. The molecular formula is C20H21N3O5S. The third-order valence-corrected chi connectivity index (χ3v) is 5.75. The zero-order chi connectivity index (χ0) is 21.0. The quantitative estimate of drug-likeness (QED) is 0.717. The van der Waals surface area contributed by atoms with Crippen LogP contribution in [0.25, 0.3) is 0 Å². The first-order valence-corrected chi connectivity index (χ1v) is 10.4. The monoisotopic (exact) mass is 415 g/mol. The van der Waals surface area contributed by atoms with E-state index in [0.717, 1.165) is 5.56 Å². The van der Waals surface area contributed by atoms with E-state index in [0.29, 0.717) is 12.1 Å². The molecule has 2 aromatic rings. The molecule has 0 saturated heterocycles. The number of aliphatic imine (C=N–C) groups is 1. The summed E-state index contributed by atoms with van der Waals surface area (Å²) >= 11 is 0. The fourth-order valence-electron chi connectivity index (χ4n) is 2.79. The van der Waals surface area contributed by atoms with E-state index in [2.05, 4.69) is 9.71 Å². The van der Waals surface area contributed by atoms with E-state index in [1.165, 1.54) is 17.9 Å². The van der Waals surface area contributed by atoms with Crippen LogP contribution in [-0.4, -0.2) is 50.7 Å². The Bertz CT molecular complexity index is 1050. The minimum Gasteiger partial charge on any atom is -0.454 e. The van der Waals surface area contributed by atoms with Gasteiger partial charge in [0.05, 0.1) is 4.90 Å². The average molecular weight is 415 g/mol. The molecule has 8 nitrogen and oxygen atoms in total. The van der Waals surface area contributed by atoms with Crippen molar-refractivity contribution in [1.29, 1.82) is 0 Å². The molecule has 152 valence electrons. The molecule has 1 amide bonds. The molecule has 1 aliphatic rings. The Morgan fingerprint density at radius 2 is 1.76 bits per heavy atom. The predicted octanol–water partition coefficient (Wildman–Crippen LogP) is 1.32. The number of sulfonamides is 1. The van der Waals surface area contributed by atoms with Crippen molar-refractivity contribution >= 4 is 27.7 Å². The van der Waals surface area contributed by atoms with Gasteiger partial charge in [0.25, 0.3) is 15.9 Å². The SMILES string of the molecule is C[C@H](N=C1NS(=O)(=O)c2ccccc21)C(=O)OCC(=O)N(C)Cc1ccccc1. The summed E-state index contributed by atoms with van der Waals surface area (Å²) in [6, 6.07) is 14.8. The van der Waals surface area contributed by atoms with Crippen LogP contribution < -0.4 is 4.72 Å². The van der Waals surface area contributed by atoms with Gasteiger partial charge < -0.3 is 9.64 Å². The van der Waals surface area contributed by atoms with E-state index in [4.69, 9.17) is 4.74 Å². The van der Waals surface area contributed by atoms with E-state index >= 15 is 0 Å². The van der Waals surface area contributed by atoms with Crippen LogP contribution in [0.5, 0.6) is 0 Å². The number of rotatable bonds is 6. The molecule has 0 bridgehead atoms. The highest BCUT2D eigenvalue weighted by molar-refractivity contribution is 7.90. The fraction of sp³-hybridized carbons (Fsp3) is 0.250. The normalized spacial score (nSPS) is 16.6. The minimum atomic E-state index is -3.69. The Morgan fingerprint density at radius 1 is 1.10 bits per heavy atom. The summed E-state index contributed by atoms with van der Waals surface area (Å²) in [5.41, 5.74) is 1.35. The van der Waals surface area contributed by atoms with Crippen molar-refractivity contribution in [2.45, 2.75) is 24.4 Å². The number of carbonyl (C=O) groups is 2. The van der Waals surface area contributed by atoms with Crippen LogP contribution in [0.1, 0.15) is 18.1 Å². The van der Waals surface area contributed by atoms with Crippen molar-refractivity contribution in [3.63, 3.8) is 0 Å². The van der Waals surface area contributed by atoms with Gasteiger partial charge >= 0.3 is 5.97 Å². The number of fused-ring (bicyclic) bond motifs is 1. The van der Waals surface area contributed by atoms with Crippen LogP contribution in [0.2, 0.25) is 0 Å². The third kappa shape index (κ3) is 4.80. The van der Waals surface area contributed by atoms with Crippen LogP contribution in [0, 0.1) is 0 Å². The first kappa shape index (κ1) is 20.5. The van der Waals surface area contributed by atoms with Gasteiger partial charge in [-0.25, -0.2) is 13.2 Å². The number of carbonyl (C=O) groups excluding carboxylic acids is 2. The molecule has 0 spiro atoms. The van der Waals surface area contributed by atoms with Crippen molar-refractivity contribution in [3.05, 3.63) is 65.7 Å². The van der Waals surface area contributed by atoms with Crippen LogP contribution in [0.3, 0.4) is 0 Å². The number of nitrogens with one attached hydrogen (secondary N) is 1. The second-order valence-corrected chi connectivity index (χ2v) is 8.25. The van der Waals surface area contributed by atoms with Crippen LogP contribution in [-0.2, 0) is 30.9 Å². The summed E-state index contributed by atoms with van der Waals surface area (Å²) in [6.45, 7) is 1.45. The number of nitrogens with zero attached hydrogens (tertiary/aromatic N) is 2. The van der Waals surface area contributed by atoms with Crippen molar-refractivity contribution in [2.24, 2.45) is 4.99 Å². The number of benzene rings is 2. The number of hydrogen-bond acceptors (Lipinski definition) is 6. The Balaban J connectivity index is 1.59. The van der Waals surface area contributed by atoms with E-state index in [1.54, 1.807) is 25.2 Å². The van der Waals surface area contributed by atoms with Gasteiger partial charge in [-0.3, -0.25) is 14.5 Å². The minimum absolute atomic E-state index is 0.0811. The van der Waals surface area contributed by atoms with E-state index < -0.39 is 28.6 Å². The van der Waals surface area contributed by atoms with Gasteiger partial charge in [0.15, 0.2) is 6.61 Å². The standard InChI is InChI=1S/C20H21N3O5S/c1-14(21-19-16-10-6-7-11-17(16)29(26,27)22-19)20(25)28-13-18(24)23(2)12-15-8-4-3-5-9-15/h3-11,14H,12-13H2,1-2H3,(H,21,22)/t14-/m0/s1. The highest BCUT2D eigenvalue weighted by Gasteiger charge is 2.31. The van der Waals surface area contributed by atoms with Crippen LogP contribution >= 0.6 is 0 Å². The van der Waals surface area contributed by atoms with Crippen LogP contribution in [0.4, 0.5) is 0 Å². The highest BCUT2D eigenvalue weighted by Crippen LogP contribution is 2.22. The zero-order valence-corrected chi connectivity index (χ0v) is 16.8. The first-order chi connectivity index (χ1) is 13.8. The molecule has 0 fully saturated rings. The summed E-state index contributed by atoms with van der Waals surface area (Å²) in [5, 5.41) is 0. The summed E-state index contributed by atoms with van der Waals surface area (Å²) in [6.07, 6.45) is 0. The highest BCUT2D eigenvalue weighted by atomic mass is 32.2. The summed E-state index contributed by atoms with van der Waals surface area (Å²) in [5.74, 6) is -0.992. The maximum absolute atomic E-state index is 12.2. The molecule has 1 heterocycles. The molecule has 1 atom stereocenters. The maximum atomic E-state index is 12.2. The fourth-order valence-corrected chi connectivity index (χ4v) is 4.02. The number of amides is 1. The van der Waals surface area contributed by atoms with Crippen LogP contribution in [0.15, 0.2) is 64.5 Å². The van der Waals surface area contributed by atoms with Crippen molar-refractivity contribution in [2.75, 3.05) is 13.7 Å². The lowest BCUT2D eigenvalue weighted by Gasteiger charge is -2.17. The summed E-state index contributed by atoms with van der Waals surface area (Å²) < 4.78 is 31.6. The number of likely N-dealkylation sites (N-methyl/N-ethyl adjacent to an activating group) is 1. The molecule has 0 saturated carbocycles. The van der Waals surface area contributed by atoms with Gasteiger partial charge in [-0.05, 0) is 24.6 Å². The molecule has 3 rings (SSSR count). The molecule has 29 heavy (non-hydrogen) atoms. The molecule has 9 heteroatoms. The lowest BCUT2D eigenvalue weighted by Crippen LogP contribution is -2.33. The molecule has 2 aromatic carbocycles. The van der Waals surface area contributed by atoms with E-state index in [-0.39, 0.29) is 16.6 Å². The molecular weight excluding hydrogens is 394 g/mol. The molecule has 0 unspecified atom stereocenters. The lowest BCUT2D eigenvalue weighted by atomic mass is 10.2. The van der Waals surface area contributed by atoms with Crippen molar-refractivity contribution in [1.82, 2.24) is 9.62 Å². The Morgan fingerprint density at radius 3 is 2.48 bits per heavy atom. The van der Waals surface area contributed by atoms with Gasteiger partial charge in [-0.15, -0.1) is 0 Å². The second kappa shape index (κ2) is 8.44. The van der Waals surface area contributed by atoms with Gasteiger partial charge in [0.2, 0.25) is 0 Å². The average Bonchev–Trinajstić information content (AvgIpc) is 2.96. The second-order valence-electron chi connectivity index (χ2n) is 6.60. The molecule has 0 aliphatic carbocycles. The van der Waals surface area contributed by atoms with Gasteiger partial charge in [-0.2, -0.15) is 0 Å². The number of hydrogen-bond donors (Lipinski definition) is 1. The summed E-state index contributed by atoms with van der Waals surface area (Å²) in [7, 11) is -2.06. The van der Waals surface area contributed by atoms with Gasteiger partial charge in [0, 0.05) is 19.2 Å². The Kier molecular flexibility index (Phi) is 5.97. The van der Waals surface area contributed by atoms with Crippen molar-refractivity contribution in [3.8, 4) is 0 Å². The molecule has 0 radical (unpaired) electrons. The molecule has 0 aromatic heterocycles. The Hall–Kier alpha value is -3.20. The zero-order valence-electron chi connectivity index (χ0n) is 16.0. The van der Waals surface area contributed by atoms with Gasteiger partial charge in [-0.1, -0.05) is 42.5 Å². The number of ether oxygens (including phenoxy) is 1. The largest absolute Gasteiger partial charge is 0.454 e. The number of amidine groups is 1. The maximum Gasteiger partial charge on any atom is 0.331 e. The first-order valence-electron chi connectivity index (χ1n) is 8.92. The predicted molar refractivity (Wildman–Crippen MR) is 107 cm³/mol. The topological polar surface area (TPSA) is 105 Å². The smallest absolute Gasteiger partial charge is 0.331 e. The van der Waals surface area contributed by atoms with E-state index in [9.17, 15) is 18.0 Å². The number of esters is 1. The Labute approximate surface area is 169 Å². The third-order valence-electron chi connectivity index (χ3n) is 4.35. The summed E-state index contributed by atoms with van der Waals surface area (Å²) in [4.78, 5) is 30.1. The molecule has 1 N–H and O–H groups in total. The van der Waals surface area contributed by atoms with E-state index in [1.807, 2.05) is 30.3 Å². The van der Waals surface area contributed by atoms with Gasteiger partial charge in [0.1, 0.15) is 11.9 Å².